The van der Waals surface area contributed by atoms with Gasteiger partial charge in [0, 0.05) is 25.7 Å². The summed E-state index contributed by atoms with van der Waals surface area (Å²) in [6.07, 6.45) is 0. The van der Waals surface area contributed by atoms with E-state index in [9.17, 15) is 4.79 Å². The number of anilines is 1. The molecule has 5 heteroatoms. The molecule has 1 atom stereocenters. The number of carbonyl (C=O) groups is 1. The van der Waals surface area contributed by atoms with Crippen molar-refractivity contribution < 1.29 is 9.53 Å². The third kappa shape index (κ3) is 3.95. The largest absolute Gasteiger partial charge is 0.492 e. The van der Waals surface area contributed by atoms with Crippen molar-refractivity contribution in [3.63, 3.8) is 0 Å². The van der Waals surface area contributed by atoms with Crippen molar-refractivity contribution in [3.8, 4) is 5.75 Å². The fourth-order valence-corrected chi connectivity index (χ4v) is 2.34. The number of nitrogens with one attached hydrogen (secondary N) is 2. The predicted molar refractivity (Wildman–Crippen MR) is 80.1 cm³/mol. The third-order valence-electron chi connectivity index (χ3n) is 3.45. The zero-order valence-electron chi connectivity index (χ0n) is 12.2. The van der Waals surface area contributed by atoms with Gasteiger partial charge in [0.2, 0.25) is 5.91 Å². The molecular weight excluding hydrogens is 254 g/mol. The number of piperazine rings is 1. The van der Waals surface area contributed by atoms with E-state index in [0.29, 0.717) is 19.2 Å². The Morgan fingerprint density at radius 2 is 2.30 bits per heavy atom. The van der Waals surface area contributed by atoms with Gasteiger partial charge in [-0.1, -0.05) is 12.1 Å². The Bertz CT molecular complexity index is 450. The number of hydrogen-bond donors (Lipinski definition) is 2. The molecule has 20 heavy (non-hydrogen) atoms. The van der Waals surface area contributed by atoms with Crippen LogP contribution in [0.4, 0.5) is 5.69 Å². The summed E-state index contributed by atoms with van der Waals surface area (Å²) in [5.41, 5.74) is 0.738. The zero-order chi connectivity index (χ0) is 14.4. The lowest BCUT2D eigenvalue weighted by molar-refractivity contribution is -0.118. The Labute approximate surface area is 120 Å². The summed E-state index contributed by atoms with van der Waals surface area (Å²) in [6, 6.07) is 7.91. The Morgan fingerprint density at radius 1 is 1.50 bits per heavy atom. The van der Waals surface area contributed by atoms with E-state index in [4.69, 9.17) is 4.74 Å². The molecule has 0 aliphatic carbocycles. The lowest BCUT2D eigenvalue weighted by atomic mass is 10.2. The van der Waals surface area contributed by atoms with E-state index >= 15 is 0 Å². The molecule has 0 bridgehead atoms. The molecule has 0 spiro atoms. The van der Waals surface area contributed by atoms with Crippen molar-refractivity contribution in [2.45, 2.75) is 19.9 Å². The van der Waals surface area contributed by atoms with Crippen molar-refractivity contribution in [3.05, 3.63) is 24.3 Å². The van der Waals surface area contributed by atoms with Crippen LogP contribution in [0.25, 0.3) is 0 Å². The first kappa shape index (κ1) is 14.8. The van der Waals surface area contributed by atoms with Crippen molar-refractivity contribution in [2.75, 3.05) is 38.1 Å². The lowest BCUT2D eigenvalue weighted by Gasteiger charge is -2.33. The first-order valence-electron chi connectivity index (χ1n) is 7.17. The minimum atomic E-state index is 0.00547. The van der Waals surface area contributed by atoms with Gasteiger partial charge < -0.3 is 15.4 Å². The third-order valence-corrected chi connectivity index (χ3v) is 3.45. The Morgan fingerprint density at radius 3 is 3.05 bits per heavy atom. The summed E-state index contributed by atoms with van der Waals surface area (Å²) in [7, 11) is 0. The number of carbonyl (C=O) groups excluding carboxylic acids is 1. The summed E-state index contributed by atoms with van der Waals surface area (Å²) < 4.78 is 5.51. The Kier molecular flexibility index (Phi) is 5.38. The Hall–Kier alpha value is -1.59. The summed E-state index contributed by atoms with van der Waals surface area (Å²) in [5, 5.41) is 6.26. The normalized spacial score (nSPS) is 19.6. The molecule has 0 saturated carbocycles. The van der Waals surface area contributed by atoms with Crippen LogP contribution in [0.1, 0.15) is 13.8 Å². The molecule has 2 N–H and O–H groups in total. The average molecular weight is 277 g/mol. The second kappa shape index (κ2) is 7.26. The van der Waals surface area contributed by atoms with Crippen LogP contribution in [0.15, 0.2) is 24.3 Å². The lowest BCUT2D eigenvalue weighted by Crippen LogP contribution is -2.51. The van der Waals surface area contributed by atoms with E-state index in [2.05, 4.69) is 22.5 Å². The molecule has 110 valence electrons. The van der Waals surface area contributed by atoms with E-state index in [1.807, 2.05) is 31.2 Å². The van der Waals surface area contributed by atoms with Crippen LogP contribution in [0.5, 0.6) is 5.75 Å². The number of ether oxygens (including phenoxy) is 1. The Balaban J connectivity index is 1.94. The molecule has 2 rings (SSSR count). The maximum atomic E-state index is 12.2. The molecule has 1 aromatic rings. The van der Waals surface area contributed by atoms with E-state index in [0.717, 1.165) is 31.1 Å². The fourth-order valence-electron chi connectivity index (χ4n) is 2.34. The standard InChI is InChI=1S/C15H23N3O2/c1-3-20-14-7-5-4-6-13(14)17-15(19)11-18-9-8-16-10-12(18)2/h4-7,12,16H,3,8-11H2,1-2H3,(H,17,19)/t12-/m0/s1. The van der Waals surface area contributed by atoms with Crippen molar-refractivity contribution in [1.82, 2.24) is 10.2 Å². The van der Waals surface area contributed by atoms with Crippen LogP contribution >= 0.6 is 0 Å². The van der Waals surface area contributed by atoms with Crippen molar-refractivity contribution in [1.29, 1.82) is 0 Å². The summed E-state index contributed by atoms with van der Waals surface area (Å²) in [5.74, 6) is 0.725. The van der Waals surface area contributed by atoms with Gasteiger partial charge in [0.1, 0.15) is 5.75 Å². The van der Waals surface area contributed by atoms with Gasteiger partial charge in [0.25, 0.3) is 0 Å². The highest BCUT2D eigenvalue weighted by molar-refractivity contribution is 5.93. The maximum Gasteiger partial charge on any atom is 0.238 e. The average Bonchev–Trinajstić information content (AvgIpc) is 2.44. The number of amides is 1. The molecule has 1 heterocycles. The predicted octanol–water partition coefficient (Wildman–Crippen LogP) is 1.32. The molecule has 1 fully saturated rings. The molecule has 1 aliphatic heterocycles. The number of rotatable bonds is 5. The van der Waals surface area contributed by atoms with E-state index in [1.165, 1.54) is 0 Å². The summed E-state index contributed by atoms with van der Waals surface area (Å²) in [6.45, 7) is 7.84. The minimum absolute atomic E-state index is 0.00547. The summed E-state index contributed by atoms with van der Waals surface area (Å²) in [4.78, 5) is 14.3. The number of benzene rings is 1. The van der Waals surface area contributed by atoms with Gasteiger partial charge >= 0.3 is 0 Å². The SMILES string of the molecule is CCOc1ccccc1NC(=O)CN1CCNC[C@@H]1C. The quantitative estimate of drug-likeness (QED) is 0.852. The van der Waals surface area contributed by atoms with Gasteiger partial charge in [-0.05, 0) is 26.0 Å². The van der Waals surface area contributed by atoms with E-state index in [1.54, 1.807) is 0 Å². The zero-order valence-corrected chi connectivity index (χ0v) is 12.2. The molecule has 1 saturated heterocycles. The van der Waals surface area contributed by atoms with Gasteiger partial charge in [-0.3, -0.25) is 9.69 Å². The monoisotopic (exact) mass is 277 g/mol. The van der Waals surface area contributed by atoms with Gasteiger partial charge in [0.05, 0.1) is 18.8 Å². The first-order valence-corrected chi connectivity index (χ1v) is 7.17. The van der Waals surface area contributed by atoms with Crippen LogP contribution in [0, 0.1) is 0 Å². The molecule has 0 radical (unpaired) electrons. The molecule has 5 nitrogen and oxygen atoms in total. The molecule has 1 aromatic carbocycles. The van der Waals surface area contributed by atoms with Crippen LogP contribution in [-0.2, 0) is 4.79 Å². The fraction of sp³-hybridized carbons (Fsp3) is 0.533. The minimum Gasteiger partial charge on any atom is -0.492 e. The second-order valence-corrected chi connectivity index (χ2v) is 5.00. The highest BCUT2D eigenvalue weighted by Crippen LogP contribution is 2.23. The van der Waals surface area contributed by atoms with Gasteiger partial charge in [-0.25, -0.2) is 0 Å². The van der Waals surface area contributed by atoms with Gasteiger partial charge in [0.15, 0.2) is 0 Å². The molecule has 1 aliphatic rings. The van der Waals surface area contributed by atoms with Crippen molar-refractivity contribution in [2.24, 2.45) is 0 Å². The number of para-hydroxylation sites is 2. The van der Waals surface area contributed by atoms with E-state index < -0.39 is 0 Å². The topological polar surface area (TPSA) is 53.6 Å². The second-order valence-electron chi connectivity index (χ2n) is 5.00. The van der Waals surface area contributed by atoms with E-state index in [-0.39, 0.29) is 5.91 Å². The van der Waals surface area contributed by atoms with Crippen LogP contribution < -0.4 is 15.4 Å². The highest BCUT2D eigenvalue weighted by atomic mass is 16.5. The van der Waals surface area contributed by atoms with Crippen LogP contribution in [0.2, 0.25) is 0 Å². The van der Waals surface area contributed by atoms with Crippen LogP contribution in [-0.4, -0.2) is 49.6 Å². The van der Waals surface area contributed by atoms with Gasteiger partial charge in [-0.2, -0.15) is 0 Å². The summed E-state index contributed by atoms with van der Waals surface area (Å²) >= 11 is 0. The molecular formula is C15H23N3O2. The van der Waals surface area contributed by atoms with Gasteiger partial charge in [-0.15, -0.1) is 0 Å². The smallest absolute Gasteiger partial charge is 0.238 e. The van der Waals surface area contributed by atoms with Crippen molar-refractivity contribution >= 4 is 11.6 Å². The number of nitrogens with zero attached hydrogens (tertiary/aromatic N) is 1. The maximum absolute atomic E-state index is 12.2. The van der Waals surface area contributed by atoms with Crippen LogP contribution in [0.3, 0.4) is 0 Å². The highest BCUT2D eigenvalue weighted by Gasteiger charge is 2.20. The molecule has 0 aromatic heterocycles. The number of hydrogen-bond acceptors (Lipinski definition) is 4. The molecule has 0 unspecified atom stereocenters. The first-order chi connectivity index (χ1) is 9.70. The molecule has 1 amide bonds.